The summed E-state index contributed by atoms with van der Waals surface area (Å²) >= 11 is 0. The molecule has 2 aliphatic rings. The van der Waals surface area contributed by atoms with Gasteiger partial charge in [0.25, 0.3) is 0 Å². The Labute approximate surface area is 154 Å². The molecule has 0 amide bonds. The third-order valence-corrected chi connectivity index (χ3v) is 4.05. The highest BCUT2D eigenvalue weighted by Crippen LogP contribution is 2.26. The molecule has 7 nitrogen and oxygen atoms in total. The van der Waals surface area contributed by atoms with E-state index in [0.29, 0.717) is 29.4 Å². The zero-order chi connectivity index (χ0) is 19.7. The molecule has 0 fully saturated rings. The van der Waals surface area contributed by atoms with E-state index in [1.807, 2.05) is 0 Å². The van der Waals surface area contributed by atoms with Gasteiger partial charge < -0.3 is 10.1 Å². The molecule has 0 bridgehead atoms. The number of anilines is 1. The fourth-order valence-corrected chi connectivity index (χ4v) is 2.65. The molecule has 1 unspecified atom stereocenters. The van der Waals surface area contributed by atoms with E-state index in [9.17, 15) is 13.6 Å². The van der Waals surface area contributed by atoms with Gasteiger partial charge in [0.05, 0.1) is 5.69 Å². The molecule has 3 rings (SSSR count). The molecule has 3 N–H and O–H groups in total. The number of nitrogens with one attached hydrogen (secondary N) is 1. The van der Waals surface area contributed by atoms with E-state index in [0.717, 1.165) is 6.07 Å². The standard InChI is InChI=1S/C18H18F2N5O2/c1-4-22-11-6-5-10(19)13(14(11)20)16(26)15-9-7-12(24-17(9)25-15)8(2)23-18(21)27-3/h5-7,18,22H,4,21H2,1-3H3/q+1. The molecule has 0 radical (unpaired) electrons. The maximum absolute atomic E-state index is 14.5. The third kappa shape index (κ3) is 3.35. The number of ether oxygens (including phenoxy) is 1. The van der Waals surface area contributed by atoms with Crippen LogP contribution in [0.3, 0.4) is 0 Å². The second-order valence-electron chi connectivity index (χ2n) is 5.82. The lowest BCUT2D eigenvalue weighted by Gasteiger charge is -2.11. The Balaban J connectivity index is 1.89. The number of nitrogens with two attached hydrogens (primary N) is 1. The summed E-state index contributed by atoms with van der Waals surface area (Å²) in [4.78, 5) is 20.7. The summed E-state index contributed by atoms with van der Waals surface area (Å²) in [5.41, 5.74) is 6.33. The molecule has 0 saturated carbocycles. The molecular weight excluding hydrogens is 356 g/mol. The first-order valence-electron chi connectivity index (χ1n) is 8.23. The van der Waals surface area contributed by atoms with E-state index in [2.05, 4.69) is 20.0 Å². The number of nitrogens with zero attached hydrogens (tertiary/aromatic N) is 3. The zero-order valence-electron chi connectivity index (χ0n) is 15.0. The minimum absolute atomic E-state index is 0.0426. The number of hydrogen-bond acceptors (Lipinski definition) is 6. The van der Waals surface area contributed by atoms with Crippen LogP contribution in [-0.2, 0) is 4.74 Å². The van der Waals surface area contributed by atoms with Gasteiger partial charge in [-0.1, -0.05) is 0 Å². The second kappa shape index (κ2) is 7.32. The van der Waals surface area contributed by atoms with Crippen molar-refractivity contribution in [2.24, 2.45) is 15.7 Å². The number of halogens is 2. The molecule has 2 heterocycles. The van der Waals surface area contributed by atoms with Crippen LogP contribution in [0.2, 0.25) is 0 Å². The molecule has 9 heteroatoms. The highest BCUT2D eigenvalue weighted by molar-refractivity contribution is 6.65. The highest BCUT2D eigenvalue weighted by atomic mass is 19.1. The first kappa shape index (κ1) is 18.8. The van der Waals surface area contributed by atoms with Crippen LogP contribution in [0.25, 0.3) is 0 Å². The monoisotopic (exact) mass is 374 g/mol. The van der Waals surface area contributed by atoms with Crippen molar-refractivity contribution < 1.29 is 18.3 Å². The van der Waals surface area contributed by atoms with Crippen LogP contribution in [0.4, 0.5) is 14.5 Å². The van der Waals surface area contributed by atoms with Gasteiger partial charge in [0.15, 0.2) is 5.82 Å². The largest absolute Gasteiger partial charge is 0.428 e. The lowest BCUT2D eigenvalue weighted by atomic mass is 9.94. The first-order valence-corrected chi connectivity index (χ1v) is 8.23. The van der Waals surface area contributed by atoms with Gasteiger partial charge in [0.2, 0.25) is 23.6 Å². The molecule has 27 heavy (non-hydrogen) atoms. The van der Waals surface area contributed by atoms with Crippen LogP contribution in [0.5, 0.6) is 0 Å². The number of methoxy groups -OCH3 is 1. The van der Waals surface area contributed by atoms with Gasteiger partial charge in [-0.3, -0.25) is 10.5 Å². The molecule has 1 aromatic carbocycles. The Bertz CT molecular complexity index is 988. The summed E-state index contributed by atoms with van der Waals surface area (Å²) in [6.07, 6.45) is 0.745. The molecule has 2 aliphatic heterocycles. The van der Waals surface area contributed by atoms with Crippen LogP contribution in [-0.4, -0.2) is 48.8 Å². The number of rotatable bonds is 7. The Kier molecular flexibility index (Phi) is 5.09. The Hall–Kier alpha value is -3.00. The van der Waals surface area contributed by atoms with E-state index in [-0.39, 0.29) is 11.4 Å². The summed E-state index contributed by atoms with van der Waals surface area (Å²) in [5.74, 6) is -2.41. The van der Waals surface area contributed by atoms with Crippen molar-refractivity contribution >= 4 is 34.4 Å². The van der Waals surface area contributed by atoms with E-state index >= 15 is 0 Å². The predicted octanol–water partition coefficient (Wildman–Crippen LogP) is 1.23. The van der Waals surface area contributed by atoms with E-state index in [1.54, 1.807) is 19.9 Å². The molecule has 0 aliphatic carbocycles. The van der Waals surface area contributed by atoms with Crippen LogP contribution in [0, 0.1) is 11.6 Å². The Morgan fingerprint density at radius 1 is 1.44 bits per heavy atom. The van der Waals surface area contributed by atoms with Gasteiger partial charge in [-0.05, 0) is 31.0 Å². The number of ketones is 1. The van der Waals surface area contributed by atoms with Crippen molar-refractivity contribution in [2.75, 3.05) is 19.0 Å². The Morgan fingerprint density at radius 3 is 2.85 bits per heavy atom. The zero-order valence-corrected chi connectivity index (χ0v) is 15.0. The molecule has 1 atom stereocenters. The molecule has 0 spiro atoms. The molecule has 0 saturated heterocycles. The topological polar surface area (TPSA) is 103 Å². The minimum Gasteiger partial charge on any atom is -0.383 e. The van der Waals surface area contributed by atoms with Crippen molar-refractivity contribution in [1.82, 2.24) is 4.67 Å². The van der Waals surface area contributed by atoms with E-state index < -0.39 is 29.3 Å². The van der Waals surface area contributed by atoms with Crippen LogP contribution in [0.15, 0.2) is 33.8 Å². The number of benzene rings is 1. The summed E-state index contributed by atoms with van der Waals surface area (Å²) < 4.78 is 37.8. The third-order valence-electron chi connectivity index (χ3n) is 4.05. The van der Waals surface area contributed by atoms with Crippen LogP contribution < -0.4 is 15.7 Å². The normalized spacial score (nSPS) is 16.6. The van der Waals surface area contributed by atoms with E-state index in [1.165, 1.54) is 13.2 Å². The fourth-order valence-electron chi connectivity index (χ4n) is 2.65. The highest BCUT2D eigenvalue weighted by Gasteiger charge is 2.46. The second-order valence-corrected chi connectivity index (χ2v) is 5.82. The van der Waals surface area contributed by atoms with Crippen molar-refractivity contribution in [3.05, 3.63) is 41.0 Å². The quantitative estimate of drug-likeness (QED) is 0.324. The average molecular weight is 374 g/mol. The Morgan fingerprint density at radius 2 is 2.19 bits per heavy atom. The number of carbonyl (C=O) groups is 1. The number of carbonyl (C=O) groups excluding carboxylic acids is 1. The predicted molar refractivity (Wildman–Crippen MR) is 101 cm³/mol. The number of allylic oxidation sites excluding steroid dienone is 1. The van der Waals surface area contributed by atoms with Crippen molar-refractivity contribution in [2.45, 2.75) is 20.2 Å². The molecular formula is C18H18F2N5O2+. The first-order chi connectivity index (χ1) is 12.9. The molecule has 1 aromatic rings. The van der Waals surface area contributed by atoms with Crippen LogP contribution >= 0.6 is 0 Å². The number of fused-ring (bicyclic) bond motifs is 1. The van der Waals surface area contributed by atoms with Crippen molar-refractivity contribution in [3.8, 4) is 0 Å². The van der Waals surface area contributed by atoms with Crippen molar-refractivity contribution in [1.29, 1.82) is 0 Å². The van der Waals surface area contributed by atoms with Gasteiger partial charge in [-0.2, -0.15) is 4.67 Å². The fraction of sp³-hybridized carbons (Fsp3) is 0.278. The van der Waals surface area contributed by atoms with Gasteiger partial charge in [-0.15, -0.1) is 0 Å². The van der Waals surface area contributed by atoms with Crippen LogP contribution in [0.1, 0.15) is 24.2 Å². The number of Topliss-reactive ketones (excluding diaryl/α,β-unsaturated/α-hetero) is 1. The van der Waals surface area contributed by atoms with Gasteiger partial charge in [-0.25, -0.2) is 13.8 Å². The lowest BCUT2D eigenvalue weighted by molar-refractivity contribution is 0.105. The summed E-state index contributed by atoms with van der Waals surface area (Å²) in [7, 11) is 1.42. The summed E-state index contributed by atoms with van der Waals surface area (Å²) in [6, 6.07) is 2.30. The molecule has 140 valence electrons. The number of aliphatic imine (C=N–C) groups is 2. The van der Waals surface area contributed by atoms with Gasteiger partial charge in [0.1, 0.15) is 22.7 Å². The van der Waals surface area contributed by atoms with Crippen molar-refractivity contribution in [3.63, 3.8) is 0 Å². The van der Waals surface area contributed by atoms with Gasteiger partial charge >= 0.3 is 5.84 Å². The number of amidine groups is 1. The summed E-state index contributed by atoms with van der Waals surface area (Å²) in [6.45, 7) is 3.88. The van der Waals surface area contributed by atoms with Gasteiger partial charge in [0, 0.05) is 19.7 Å². The summed E-state index contributed by atoms with van der Waals surface area (Å²) in [5, 5.41) is 2.75. The maximum Gasteiger partial charge on any atom is 0.428 e. The maximum atomic E-state index is 14.5. The molecule has 0 aromatic heterocycles. The average Bonchev–Trinajstić information content (AvgIpc) is 2.94. The van der Waals surface area contributed by atoms with E-state index in [4.69, 9.17) is 10.5 Å². The smallest absolute Gasteiger partial charge is 0.383 e. The minimum atomic E-state index is -0.946. The number of hydrogen-bond donors (Lipinski definition) is 2. The lowest BCUT2D eigenvalue weighted by Crippen LogP contribution is -2.32. The SMILES string of the molecule is CCNc1ccc(F)c(C(=O)C2=NC3=[N+]=C(C(C)=NC(N)OC)C=C23)c1F.